The van der Waals surface area contributed by atoms with Gasteiger partial charge in [0, 0.05) is 13.2 Å². The van der Waals surface area contributed by atoms with Crippen LogP contribution < -0.4 is 11.5 Å². The number of amides is 1. The minimum atomic E-state index is -0.715. The molecule has 0 radical (unpaired) electrons. The fourth-order valence-corrected chi connectivity index (χ4v) is 0.453. The number of nitrogens with two attached hydrogens (primary N) is 2. The molecule has 1 amide bonds. The first kappa shape index (κ1) is 9.35. The Labute approximate surface area is 64.5 Å². The molecule has 0 aliphatic carbocycles. The van der Waals surface area contributed by atoms with Crippen LogP contribution in [0.25, 0.3) is 0 Å². The maximum absolute atomic E-state index is 10.6. The van der Waals surface area contributed by atoms with Gasteiger partial charge in [0.2, 0.25) is 0 Å². The molecule has 60 valence electrons. The van der Waals surface area contributed by atoms with Gasteiger partial charge in [0.05, 0.1) is 0 Å². The summed E-state index contributed by atoms with van der Waals surface area (Å²) in [7, 11) is 1.44. The molecule has 5 heteroatoms. The number of hydrogen-bond acceptors (Lipinski definition) is 3. The molecule has 0 aromatic carbocycles. The van der Waals surface area contributed by atoms with Crippen molar-refractivity contribution in [2.75, 3.05) is 7.05 Å². The van der Waals surface area contributed by atoms with Crippen molar-refractivity contribution in [3.63, 3.8) is 0 Å². The second kappa shape index (κ2) is 4.21. The molecule has 4 N–H and O–H groups in total. The van der Waals surface area contributed by atoms with Crippen LogP contribution in [0.3, 0.4) is 0 Å². The Kier molecular flexibility index (Phi) is 3.58. The first-order chi connectivity index (χ1) is 5.13. The van der Waals surface area contributed by atoms with Crippen molar-refractivity contribution in [1.82, 2.24) is 0 Å². The Morgan fingerprint density at radius 1 is 1.55 bits per heavy atom. The van der Waals surface area contributed by atoms with Crippen LogP contribution in [0.5, 0.6) is 0 Å². The van der Waals surface area contributed by atoms with E-state index in [4.69, 9.17) is 11.5 Å². The molecule has 0 heterocycles. The number of amidine groups is 1. The lowest BCUT2D eigenvalue weighted by molar-refractivity contribution is -0.111. The van der Waals surface area contributed by atoms with E-state index in [2.05, 4.69) is 16.6 Å². The highest BCUT2D eigenvalue weighted by atomic mass is 16.1. The lowest BCUT2D eigenvalue weighted by Gasteiger charge is -1.97. The number of aliphatic imine (C=N–C) groups is 2. The van der Waals surface area contributed by atoms with Crippen LogP contribution in [-0.2, 0) is 4.79 Å². The van der Waals surface area contributed by atoms with Gasteiger partial charge in [0.25, 0.3) is 5.91 Å². The molecule has 5 nitrogen and oxygen atoms in total. The highest BCUT2D eigenvalue weighted by Crippen LogP contribution is 1.80. The van der Waals surface area contributed by atoms with E-state index in [-0.39, 0.29) is 11.5 Å². The first-order valence-corrected chi connectivity index (χ1v) is 2.84. The van der Waals surface area contributed by atoms with Gasteiger partial charge in [-0.1, -0.05) is 6.58 Å². The molecule has 0 atom stereocenters. The fourth-order valence-electron chi connectivity index (χ4n) is 0.453. The average Bonchev–Trinajstić information content (AvgIpc) is 1.98. The largest absolute Gasteiger partial charge is 0.382 e. The van der Waals surface area contributed by atoms with E-state index < -0.39 is 5.91 Å². The summed E-state index contributed by atoms with van der Waals surface area (Å²) in [6.45, 7) is 3.29. The van der Waals surface area contributed by atoms with E-state index in [1.54, 1.807) is 0 Å². The van der Waals surface area contributed by atoms with Gasteiger partial charge >= 0.3 is 0 Å². The van der Waals surface area contributed by atoms with Crippen LogP contribution in [0.4, 0.5) is 0 Å². The van der Waals surface area contributed by atoms with Crippen LogP contribution in [-0.4, -0.2) is 24.5 Å². The van der Waals surface area contributed by atoms with Gasteiger partial charge in [-0.15, -0.1) is 0 Å². The third kappa shape index (κ3) is 2.61. The quantitative estimate of drug-likeness (QED) is 0.404. The van der Waals surface area contributed by atoms with Gasteiger partial charge in [-0.3, -0.25) is 9.79 Å². The summed E-state index contributed by atoms with van der Waals surface area (Å²) in [5, 5.41) is 0. The maximum atomic E-state index is 10.6. The Morgan fingerprint density at radius 3 is 2.36 bits per heavy atom. The molecule has 0 rings (SSSR count). The molecule has 0 aromatic heterocycles. The van der Waals surface area contributed by atoms with Gasteiger partial charge < -0.3 is 11.5 Å². The van der Waals surface area contributed by atoms with Crippen molar-refractivity contribution in [3.05, 3.63) is 12.8 Å². The van der Waals surface area contributed by atoms with Crippen LogP contribution >= 0.6 is 0 Å². The van der Waals surface area contributed by atoms with Gasteiger partial charge in [-0.2, -0.15) is 0 Å². The van der Waals surface area contributed by atoms with Gasteiger partial charge in [-0.25, -0.2) is 4.99 Å². The summed E-state index contributed by atoms with van der Waals surface area (Å²) in [6.07, 6.45) is 1.18. The van der Waals surface area contributed by atoms with E-state index in [0.29, 0.717) is 0 Å². The number of rotatable bonds is 3. The van der Waals surface area contributed by atoms with Gasteiger partial charge in [-0.05, 0) is 0 Å². The summed E-state index contributed by atoms with van der Waals surface area (Å²) in [5.74, 6) is -0.703. The molecule has 0 fully saturated rings. The number of primary amides is 1. The SMILES string of the molecule is C=CN=C(C(N)=O)C(N)=NC. The standard InChI is InChI=1S/C6H10N4O/c1-3-10-4(6(8)11)5(7)9-2/h3H,1H2,2H3,(H2,7,9)(H2,8,11). The highest BCUT2D eigenvalue weighted by Gasteiger charge is 2.09. The minimum absolute atomic E-state index is 0.0115. The summed E-state index contributed by atoms with van der Waals surface area (Å²) >= 11 is 0. The molecule has 0 saturated carbocycles. The summed E-state index contributed by atoms with van der Waals surface area (Å²) < 4.78 is 0. The smallest absolute Gasteiger partial charge is 0.271 e. The zero-order valence-corrected chi connectivity index (χ0v) is 6.24. The molecule has 0 bridgehead atoms. The first-order valence-electron chi connectivity index (χ1n) is 2.84. The summed E-state index contributed by atoms with van der Waals surface area (Å²) in [5.41, 5.74) is 10.1. The Hall–Kier alpha value is -1.65. The topological polar surface area (TPSA) is 93.8 Å². The number of carbonyl (C=O) groups excluding carboxylic acids is 1. The molecule has 0 unspecified atom stereocenters. The molecule has 0 aliphatic rings. The maximum Gasteiger partial charge on any atom is 0.271 e. The Balaban J connectivity index is 4.76. The van der Waals surface area contributed by atoms with Crippen molar-refractivity contribution < 1.29 is 4.79 Å². The highest BCUT2D eigenvalue weighted by molar-refractivity contribution is 6.66. The lowest BCUT2D eigenvalue weighted by atomic mass is 10.3. The lowest BCUT2D eigenvalue weighted by Crippen LogP contribution is -2.35. The predicted octanol–water partition coefficient (Wildman–Crippen LogP) is -0.957. The number of carbonyl (C=O) groups is 1. The molecule has 0 aliphatic heterocycles. The normalized spacial score (nSPS) is 12.8. The van der Waals surface area contributed by atoms with E-state index in [0.717, 1.165) is 0 Å². The molecule has 11 heavy (non-hydrogen) atoms. The Morgan fingerprint density at radius 2 is 2.09 bits per heavy atom. The zero-order chi connectivity index (χ0) is 8.85. The van der Waals surface area contributed by atoms with Crippen LogP contribution in [0, 0.1) is 0 Å². The second-order valence-electron chi connectivity index (χ2n) is 1.63. The van der Waals surface area contributed by atoms with Crippen molar-refractivity contribution in [2.24, 2.45) is 21.5 Å². The minimum Gasteiger partial charge on any atom is -0.382 e. The van der Waals surface area contributed by atoms with Crippen LogP contribution in [0.2, 0.25) is 0 Å². The number of nitrogens with zero attached hydrogens (tertiary/aromatic N) is 2. The van der Waals surface area contributed by atoms with E-state index in [9.17, 15) is 4.79 Å². The van der Waals surface area contributed by atoms with Gasteiger partial charge in [0.15, 0.2) is 5.71 Å². The summed E-state index contributed by atoms with van der Waals surface area (Å²) in [4.78, 5) is 17.7. The number of hydrogen-bond donors (Lipinski definition) is 2. The summed E-state index contributed by atoms with van der Waals surface area (Å²) in [6, 6.07) is 0. The molecular weight excluding hydrogens is 144 g/mol. The average molecular weight is 154 g/mol. The van der Waals surface area contributed by atoms with Crippen molar-refractivity contribution in [3.8, 4) is 0 Å². The van der Waals surface area contributed by atoms with E-state index in [1.165, 1.54) is 13.2 Å². The zero-order valence-electron chi connectivity index (χ0n) is 6.24. The predicted molar refractivity (Wildman–Crippen MR) is 44.4 cm³/mol. The molecule has 0 spiro atoms. The van der Waals surface area contributed by atoms with Gasteiger partial charge in [0.1, 0.15) is 5.84 Å². The fraction of sp³-hybridized carbons (Fsp3) is 0.167. The molecule has 0 aromatic rings. The molecular formula is C6H10N4O. The Bertz CT molecular complexity index is 229. The monoisotopic (exact) mass is 154 g/mol. The van der Waals surface area contributed by atoms with Crippen LogP contribution in [0.1, 0.15) is 0 Å². The third-order valence-electron chi connectivity index (χ3n) is 0.937. The van der Waals surface area contributed by atoms with E-state index >= 15 is 0 Å². The van der Waals surface area contributed by atoms with Crippen LogP contribution in [0.15, 0.2) is 22.8 Å². The van der Waals surface area contributed by atoms with Crippen molar-refractivity contribution in [2.45, 2.75) is 0 Å². The molecule has 0 saturated heterocycles. The third-order valence-corrected chi connectivity index (χ3v) is 0.937. The van der Waals surface area contributed by atoms with E-state index in [1.807, 2.05) is 0 Å². The van der Waals surface area contributed by atoms with Crippen molar-refractivity contribution >= 4 is 17.5 Å². The van der Waals surface area contributed by atoms with Crippen molar-refractivity contribution in [1.29, 1.82) is 0 Å². The second-order valence-corrected chi connectivity index (χ2v) is 1.63.